The van der Waals surface area contributed by atoms with Crippen molar-refractivity contribution in [2.45, 2.75) is 25.4 Å². The normalized spacial score (nSPS) is 11.6. The fourth-order valence-electron chi connectivity index (χ4n) is 3.46. The van der Waals surface area contributed by atoms with Gasteiger partial charge in [-0.2, -0.15) is 13.2 Å². The second kappa shape index (κ2) is 9.04. The summed E-state index contributed by atoms with van der Waals surface area (Å²) >= 11 is 6.01. The molecule has 4 rings (SSSR count). The molecule has 0 bridgehead atoms. The lowest BCUT2D eigenvalue weighted by Gasteiger charge is -2.10. The number of benzene rings is 2. The number of anilines is 1. The summed E-state index contributed by atoms with van der Waals surface area (Å²) in [7, 11) is 0. The van der Waals surface area contributed by atoms with Crippen LogP contribution in [0.4, 0.5) is 18.9 Å². The number of carbonyl (C=O) groups excluding carboxylic acids is 1. The second-order valence-electron chi connectivity index (χ2n) is 7.39. The first-order valence-corrected chi connectivity index (χ1v) is 10.4. The SMILES string of the molecule is O=C(CCCc1ccc(-c2cnc3cc(Cl)ccn23)cc1)Nc1cccc(C(F)(F)F)c1. The fourth-order valence-corrected chi connectivity index (χ4v) is 3.62. The Morgan fingerprint density at radius 2 is 1.84 bits per heavy atom. The third kappa shape index (κ3) is 5.11. The molecule has 0 saturated heterocycles. The van der Waals surface area contributed by atoms with Gasteiger partial charge in [-0.1, -0.05) is 41.9 Å². The Morgan fingerprint density at radius 1 is 1.06 bits per heavy atom. The van der Waals surface area contributed by atoms with Crippen LogP contribution >= 0.6 is 11.6 Å². The van der Waals surface area contributed by atoms with E-state index in [2.05, 4.69) is 10.3 Å². The van der Waals surface area contributed by atoms with E-state index in [4.69, 9.17) is 11.6 Å². The second-order valence-corrected chi connectivity index (χ2v) is 7.83. The van der Waals surface area contributed by atoms with Crippen LogP contribution in [0.2, 0.25) is 5.02 Å². The number of hydrogen-bond acceptors (Lipinski definition) is 2. The lowest BCUT2D eigenvalue weighted by atomic mass is 10.0. The van der Waals surface area contributed by atoms with Gasteiger partial charge >= 0.3 is 6.18 Å². The number of amides is 1. The molecule has 0 aliphatic heterocycles. The number of hydrogen-bond donors (Lipinski definition) is 1. The minimum absolute atomic E-state index is 0.142. The summed E-state index contributed by atoms with van der Waals surface area (Å²) in [5, 5.41) is 3.16. The van der Waals surface area contributed by atoms with Gasteiger partial charge < -0.3 is 5.32 Å². The third-order valence-electron chi connectivity index (χ3n) is 5.07. The molecule has 1 amide bonds. The summed E-state index contributed by atoms with van der Waals surface area (Å²) in [6, 6.07) is 16.2. The van der Waals surface area contributed by atoms with Gasteiger partial charge in [0.25, 0.3) is 0 Å². The van der Waals surface area contributed by atoms with Gasteiger partial charge in [0.15, 0.2) is 0 Å². The van der Waals surface area contributed by atoms with Crippen LogP contribution in [0, 0.1) is 0 Å². The minimum atomic E-state index is -4.44. The highest BCUT2D eigenvalue weighted by Crippen LogP contribution is 2.30. The number of imidazole rings is 1. The van der Waals surface area contributed by atoms with E-state index >= 15 is 0 Å². The molecule has 2 aromatic heterocycles. The van der Waals surface area contributed by atoms with Gasteiger partial charge in [-0.3, -0.25) is 9.20 Å². The zero-order chi connectivity index (χ0) is 22.7. The Labute approximate surface area is 187 Å². The van der Waals surface area contributed by atoms with Crippen molar-refractivity contribution in [3.8, 4) is 11.3 Å². The van der Waals surface area contributed by atoms with Crippen molar-refractivity contribution >= 4 is 28.8 Å². The highest BCUT2D eigenvalue weighted by molar-refractivity contribution is 6.30. The topological polar surface area (TPSA) is 46.4 Å². The Hall–Kier alpha value is -3.32. The summed E-state index contributed by atoms with van der Waals surface area (Å²) in [5.74, 6) is -0.315. The van der Waals surface area contributed by atoms with Crippen LogP contribution in [0.3, 0.4) is 0 Å². The van der Waals surface area contributed by atoms with Crippen molar-refractivity contribution in [3.05, 3.63) is 89.2 Å². The van der Waals surface area contributed by atoms with E-state index in [9.17, 15) is 18.0 Å². The number of aromatic nitrogens is 2. The van der Waals surface area contributed by atoms with Gasteiger partial charge in [-0.15, -0.1) is 0 Å². The van der Waals surface area contributed by atoms with Crippen LogP contribution in [0.15, 0.2) is 73.1 Å². The van der Waals surface area contributed by atoms with Crippen molar-refractivity contribution in [1.82, 2.24) is 9.38 Å². The number of nitrogens with one attached hydrogen (secondary N) is 1. The Bertz CT molecular complexity index is 1250. The molecule has 164 valence electrons. The van der Waals surface area contributed by atoms with Gasteiger partial charge in [0.05, 0.1) is 17.5 Å². The summed E-state index contributed by atoms with van der Waals surface area (Å²) in [6.07, 6.45) is 0.697. The number of aryl methyl sites for hydroxylation is 1. The van der Waals surface area contributed by atoms with Gasteiger partial charge in [0.1, 0.15) is 5.65 Å². The molecule has 0 fully saturated rings. The van der Waals surface area contributed by atoms with Crippen LogP contribution in [0.1, 0.15) is 24.0 Å². The zero-order valence-electron chi connectivity index (χ0n) is 16.9. The molecule has 0 spiro atoms. The third-order valence-corrected chi connectivity index (χ3v) is 5.30. The Balaban J connectivity index is 1.32. The van der Waals surface area contributed by atoms with Gasteiger partial charge in [0, 0.05) is 35.0 Å². The van der Waals surface area contributed by atoms with E-state index in [0.29, 0.717) is 17.9 Å². The zero-order valence-corrected chi connectivity index (χ0v) is 17.6. The highest BCUT2D eigenvalue weighted by Gasteiger charge is 2.30. The number of halogens is 4. The Kier molecular flexibility index (Phi) is 6.19. The number of pyridine rings is 1. The predicted octanol–water partition coefficient (Wildman–Crippen LogP) is 6.63. The van der Waals surface area contributed by atoms with Crippen molar-refractivity contribution in [2.24, 2.45) is 0 Å². The number of carbonyl (C=O) groups is 1. The number of nitrogens with zero attached hydrogens (tertiary/aromatic N) is 2. The maximum absolute atomic E-state index is 12.8. The summed E-state index contributed by atoms with van der Waals surface area (Å²) < 4.78 is 40.3. The van der Waals surface area contributed by atoms with Gasteiger partial charge in [-0.25, -0.2) is 4.98 Å². The van der Waals surface area contributed by atoms with E-state index in [1.807, 2.05) is 34.9 Å². The molecule has 2 aromatic carbocycles. The van der Waals surface area contributed by atoms with E-state index in [0.717, 1.165) is 34.6 Å². The van der Waals surface area contributed by atoms with Crippen LogP contribution in [-0.2, 0) is 17.4 Å². The fraction of sp³-hybridized carbons (Fsp3) is 0.167. The molecular formula is C24H19ClF3N3O. The molecule has 0 saturated carbocycles. The molecule has 4 aromatic rings. The quantitative estimate of drug-likeness (QED) is 0.353. The molecule has 1 N–H and O–H groups in total. The smallest absolute Gasteiger partial charge is 0.326 e. The van der Waals surface area contributed by atoms with Crippen molar-refractivity contribution in [1.29, 1.82) is 0 Å². The molecular weight excluding hydrogens is 439 g/mol. The average Bonchev–Trinajstić information content (AvgIpc) is 3.17. The molecule has 0 radical (unpaired) electrons. The minimum Gasteiger partial charge on any atom is -0.326 e. The number of rotatable bonds is 6. The number of fused-ring (bicyclic) bond motifs is 1. The highest BCUT2D eigenvalue weighted by atomic mass is 35.5. The van der Waals surface area contributed by atoms with Crippen LogP contribution < -0.4 is 5.32 Å². The van der Waals surface area contributed by atoms with Gasteiger partial charge in [-0.05, 0) is 42.7 Å². The van der Waals surface area contributed by atoms with E-state index in [1.54, 1.807) is 18.3 Å². The standard InChI is InChI=1S/C24H19ClF3N3O/c25-19-11-12-31-21(15-29-22(31)14-19)17-9-7-16(8-10-17)3-1-6-23(32)30-20-5-2-4-18(13-20)24(26,27)28/h2,4-5,7-15H,1,3,6H2,(H,30,32). The summed E-state index contributed by atoms with van der Waals surface area (Å²) in [5.41, 5.74) is 3.14. The largest absolute Gasteiger partial charge is 0.416 e. The van der Waals surface area contributed by atoms with Crippen molar-refractivity contribution in [2.75, 3.05) is 5.32 Å². The molecule has 32 heavy (non-hydrogen) atoms. The maximum atomic E-state index is 12.8. The number of alkyl halides is 3. The predicted molar refractivity (Wildman–Crippen MR) is 119 cm³/mol. The molecule has 0 unspecified atom stereocenters. The summed E-state index contributed by atoms with van der Waals surface area (Å²) in [4.78, 5) is 16.5. The van der Waals surface area contributed by atoms with Crippen LogP contribution in [0.25, 0.3) is 16.9 Å². The first kappa shape index (κ1) is 21.9. The molecule has 0 aliphatic carbocycles. The first-order chi connectivity index (χ1) is 15.3. The maximum Gasteiger partial charge on any atom is 0.416 e. The monoisotopic (exact) mass is 457 g/mol. The van der Waals surface area contributed by atoms with Crippen molar-refractivity contribution in [3.63, 3.8) is 0 Å². The Morgan fingerprint density at radius 3 is 2.59 bits per heavy atom. The molecule has 8 heteroatoms. The average molecular weight is 458 g/mol. The first-order valence-electron chi connectivity index (χ1n) is 9.99. The molecule has 0 atom stereocenters. The molecule has 2 heterocycles. The molecule has 0 aliphatic rings. The molecule has 4 nitrogen and oxygen atoms in total. The lowest BCUT2D eigenvalue weighted by Crippen LogP contribution is -2.13. The lowest BCUT2D eigenvalue weighted by molar-refractivity contribution is -0.137. The van der Waals surface area contributed by atoms with E-state index in [1.165, 1.54) is 12.1 Å². The van der Waals surface area contributed by atoms with E-state index in [-0.39, 0.29) is 18.0 Å². The van der Waals surface area contributed by atoms with Gasteiger partial charge in [0.2, 0.25) is 5.91 Å². The van der Waals surface area contributed by atoms with Crippen LogP contribution in [-0.4, -0.2) is 15.3 Å². The van der Waals surface area contributed by atoms with Crippen molar-refractivity contribution < 1.29 is 18.0 Å². The summed E-state index contributed by atoms with van der Waals surface area (Å²) in [6.45, 7) is 0. The van der Waals surface area contributed by atoms with Crippen LogP contribution in [0.5, 0.6) is 0 Å². The van der Waals surface area contributed by atoms with E-state index < -0.39 is 11.7 Å².